The molecule has 6 nitrogen and oxygen atoms in total. The summed E-state index contributed by atoms with van der Waals surface area (Å²) in [4.78, 5) is 14.4. The normalized spacial score (nSPS) is 11.9. The summed E-state index contributed by atoms with van der Waals surface area (Å²) >= 11 is 0. The first-order chi connectivity index (χ1) is 12.0. The highest BCUT2D eigenvalue weighted by Gasteiger charge is 2.15. The molecule has 2 N–H and O–H groups in total. The third kappa shape index (κ3) is 3.96. The molecule has 0 saturated heterocycles. The summed E-state index contributed by atoms with van der Waals surface area (Å²) < 4.78 is 25.8. The van der Waals surface area contributed by atoms with Crippen molar-refractivity contribution in [3.05, 3.63) is 77.3 Å². The number of fused-ring (bicyclic) bond motifs is 1. The quantitative estimate of drug-likeness (QED) is 0.690. The van der Waals surface area contributed by atoms with Crippen molar-refractivity contribution in [2.24, 2.45) is 7.05 Å². The van der Waals surface area contributed by atoms with E-state index in [4.69, 9.17) is 0 Å². The number of nitrogens with one attached hydrogen (secondary N) is 2. The van der Waals surface area contributed by atoms with Crippen molar-refractivity contribution >= 4 is 32.9 Å². The number of aromatic nitrogens is 1. The Morgan fingerprint density at radius 2 is 1.72 bits per heavy atom. The van der Waals surface area contributed by atoms with Crippen LogP contribution in [0.25, 0.3) is 17.0 Å². The molecular formula is C18H17N3O3S. The number of benzene rings is 2. The maximum Gasteiger partial charge on any atom is 0.268 e. The van der Waals surface area contributed by atoms with E-state index in [1.807, 2.05) is 54.1 Å². The van der Waals surface area contributed by atoms with Gasteiger partial charge in [-0.2, -0.15) is 0 Å². The first kappa shape index (κ1) is 16.9. The van der Waals surface area contributed by atoms with Gasteiger partial charge in [0.15, 0.2) is 0 Å². The third-order valence-corrected chi connectivity index (χ3v) is 4.57. The first-order valence-electron chi connectivity index (χ1n) is 7.56. The van der Waals surface area contributed by atoms with E-state index in [9.17, 15) is 13.2 Å². The number of amides is 1. The second-order valence-corrected chi connectivity index (χ2v) is 7.05. The predicted octanol–water partition coefficient (Wildman–Crippen LogP) is 2.41. The van der Waals surface area contributed by atoms with Gasteiger partial charge in [-0.05, 0) is 17.7 Å². The highest BCUT2D eigenvalue weighted by atomic mass is 32.2. The zero-order valence-corrected chi connectivity index (χ0v) is 14.3. The van der Waals surface area contributed by atoms with Crippen LogP contribution in [0.5, 0.6) is 0 Å². The Hall–Kier alpha value is -2.90. The monoisotopic (exact) mass is 355 g/mol. The maximum atomic E-state index is 12.3. The van der Waals surface area contributed by atoms with Crippen LogP contribution in [0.3, 0.4) is 0 Å². The van der Waals surface area contributed by atoms with Gasteiger partial charge in [-0.3, -0.25) is 10.2 Å². The van der Waals surface area contributed by atoms with Crippen molar-refractivity contribution < 1.29 is 13.2 Å². The number of hydrogen-bond acceptors (Lipinski definition) is 3. The van der Waals surface area contributed by atoms with Crippen LogP contribution in [0.15, 0.2) is 66.2 Å². The van der Waals surface area contributed by atoms with Crippen molar-refractivity contribution in [3.8, 4) is 0 Å². The fourth-order valence-corrected chi connectivity index (χ4v) is 3.11. The summed E-state index contributed by atoms with van der Waals surface area (Å²) in [5.74, 6) is -0.520. The lowest BCUT2D eigenvalue weighted by Crippen LogP contribution is -2.40. The maximum absolute atomic E-state index is 12.3. The van der Waals surface area contributed by atoms with Crippen molar-refractivity contribution in [3.63, 3.8) is 0 Å². The average Bonchev–Trinajstić information content (AvgIpc) is 2.96. The fraction of sp³-hybridized carbons (Fsp3) is 0.0556. The topological polar surface area (TPSA) is 80.2 Å². The molecule has 0 unspecified atom stereocenters. The molecule has 0 aliphatic rings. The van der Waals surface area contributed by atoms with Gasteiger partial charge in [0.1, 0.15) is 0 Å². The Morgan fingerprint density at radius 1 is 1.04 bits per heavy atom. The summed E-state index contributed by atoms with van der Waals surface area (Å²) in [5, 5.41) is 1.76. The van der Waals surface area contributed by atoms with Crippen LogP contribution in [0, 0.1) is 0 Å². The zero-order valence-electron chi connectivity index (χ0n) is 13.5. The van der Waals surface area contributed by atoms with Gasteiger partial charge in [0.2, 0.25) is 0 Å². The fourth-order valence-electron chi connectivity index (χ4n) is 2.47. The third-order valence-electron chi connectivity index (χ3n) is 3.69. The molecule has 0 aliphatic carbocycles. The standard InChI is InChI=1S/C18H17N3O3S/c1-21-13-16(15-9-5-6-10-17(15)21)18(22)19-20-25(23,24)12-11-14-7-3-2-4-8-14/h2-13,20H,1H3,(H,19,22). The van der Waals surface area contributed by atoms with Crippen molar-refractivity contribution in [1.29, 1.82) is 0 Å². The number of rotatable bonds is 5. The molecule has 128 valence electrons. The second kappa shape index (κ2) is 6.92. The number of hydrogen-bond donors (Lipinski definition) is 2. The van der Waals surface area contributed by atoms with Crippen LogP contribution in [0.4, 0.5) is 0 Å². The van der Waals surface area contributed by atoms with E-state index in [2.05, 4.69) is 10.3 Å². The molecule has 2 aromatic carbocycles. The minimum Gasteiger partial charge on any atom is -0.350 e. The van der Waals surface area contributed by atoms with E-state index in [1.54, 1.807) is 18.3 Å². The number of hydrazine groups is 1. The van der Waals surface area contributed by atoms with Gasteiger partial charge in [-0.1, -0.05) is 48.5 Å². The molecule has 1 heterocycles. The Morgan fingerprint density at radius 3 is 2.48 bits per heavy atom. The molecule has 7 heteroatoms. The van der Waals surface area contributed by atoms with Gasteiger partial charge >= 0.3 is 0 Å². The lowest BCUT2D eigenvalue weighted by atomic mass is 10.2. The molecule has 0 spiro atoms. The molecule has 1 amide bonds. The van der Waals surface area contributed by atoms with E-state index in [1.165, 1.54) is 6.08 Å². The highest BCUT2D eigenvalue weighted by molar-refractivity contribution is 7.92. The van der Waals surface area contributed by atoms with Crippen LogP contribution in [0.2, 0.25) is 0 Å². The number of sulfonamides is 1. The minimum atomic E-state index is -3.80. The van der Waals surface area contributed by atoms with Gasteiger partial charge in [0.25, 0.3) is 15.9 Å². The van der Waals surface area contributed by atoms with Crippen molar-refractivity contribution in [2.45, 2.75) is 0 Å². The molecule has 0 fully saturated rings. The average molecular weight is 355 g/mol. The molecule has 0 bridgehead atoms. The summed E-state index contributed by atoms with van der Waals surface area (Å²) in [7, 11) is -1.97. The Labute approximate surface area is 145 Å². The second-order valence-electron chi connectivity index (χ2n) is 5.49. The van der Waals surface area contributed by atoms with Gasteiger partial charge < -0.3 is 4.57 Å². The van der Waals surface area contributed by atoms with E-state index in [0.717, 1.165) is 21.9 Å². The first-order valence-corrected chi connectivity index (χ1v) is 9.10. The number of carbonyl (C=O) groups is 1. The molecule has 0 saturated carbocycles. The predicted molar refractivity (Wildman–Crippen MR) is 97.9 cm³/mol. The summed E-state index contributed by atoms with van der Waals surface area (Å²) in [6, 6.07) is 16.4. The van der Waals surface area contributed by atoms with Gasteiger partial charge in [0.05, 0.1) is 5.56 Å². The SMILES string of the molecule is Cn1cc(C(=O)NNS(=O)(=O)C=Cc2ccccc2)c2ccccc21. The molecule has 3 rings (SSSR count). The Balaban J connectivity index is 1.72. The van der Waals surface area contributed by atoms with Gasteiger partial charge in [-0.15, -0.1) is 4.83 Å². The minimum absolute atomic E-state index is 0.396. The van der Waals surface area contributed by atoms with Crippen LogP contribution < -0.4 is 10.3 Å². The smallest absolute Gasteiger partial charge is 0.268 e. The number of aryl methyl sites for hydroxylation is 1. The Bertz CT molecular complexity index is 1040. The lowest BCUT2D eigenvalue weighted by molar-refractivity contribution is 0.0947. The molecule has 0 radical (unpaired) electrons. The van der Waals surface area contributed by atoms with E-state index in [0.29, 0.717) is 5.56 Å². The van der Waals surface area contributed by atoms with Crippen LogP contribution in [-0.4, -0.2) is 18.9 Å². The summed E-state index contributed by atoms with van der Waals surface area (Å²) in [5.41, 5.74) is 4.27. The summed E-state index contributed by atoms with van der Waals surface area (Å²) in [6.07, 6.45) is 3.11. The van der Waals surface area contributed by atoms with Crippen molar-refractivity contribution in [2.75, 3.05) is 0 Å². The van der Waals surface area contributed by atoms with E-state index < -0.39 is 15.9 Å². The van der Waals surface area contributed by atoms with Crippen LogP contribution in [-0.2, 0) is 17.1 Å². The Kier molecular flexibility index (Phi) is 4.69. The lowest BCUT2D eigenvalue weighted by Gasteiger charge is -2.05. The molecule has 25 heavy (non-hydrogen) atoms. The zero-order chi connectivity index (χ0) is 17.9. The molecule has 3 aromatic rings. The number of carbonyl (C=O) groups excluding carboxylic acids is 1. The molecule has 0 aliphatic heterocycles. The number of nitrogens with zero attached hydrogens (tertiary/aromatic N) is 1. The van der Waals surface area contributed by atoms with E-state index >= 15 is 0 Å². The molecule has 0 atom stereocenters. The van der Waals surface area contributed by atoms with Crippen LogP contribution in [0.1, 0.15) is 15.9 Å². The highest BCUT2D eigenvalue weighted by Crippen LogP contribution is 2.19. The van der Waals surface area contributed by atoms with Gasteiger partial charge in [0, 0.05) is 29.6 Å². The van der Waals surface area contributed by atoms with Crippen LogP contribution >= 0.6 is 0 Å². The molecular weight excluding hydrogens is 338 g/mol. The summed E-state index contributed by atoms with van der Waals surface area (Å²) in [6.45, 7) is 0. The largest absolute Gasteiger partial charge is 0.350 e. The number of para-hydroxylation sites is 1. The van der Waals surface area contributed by atoms with Gasteiger partial charge in [-0.25, -0.2) is 8.42 Å². The van der Waals surface area contributed by atoms with E-state index in [-0.39, 0.29) is 0 Å². The van der Waals surface area contributed by atoms with Crippen molar-refractivity contribution in [1.82, 2.24) is 14.8 Å². The molecule has 1 aromatic heterocycles.